The van der Waals surface area contributed by atoms with Crippen LogP contribution in [0.2, 0.25) is 0 Å². The fourth-order valence-electron chi connectivity index (χ4n) is 2.83. The Morgan fingerprint density at radius 1 is 1.13 bits per heavy atom. The van der Waals surface area contributed by atoms with Gasteiger partial charge in [0.1, 0.15) is 16.7 Å². The van der Waals surface area contributed by atoms with Gasteiger partial charge in [-0.3, -0.25) is 0 Å². The normalized spacial score (nSPS) is 22.7. The maximum absolute atomic E-state index is 14.0. The van der Waals surface area contributed by atoms with E-state index in [0.29, 0.717) is 17.4 Å². The Hall–Kier alpha value is -1.45. The number of halogens is 1. The molecule has 1 aromatic carbocycles. The van der Waals surface area contributed by atoms with Crippen LogP contribution in [0.25, 0.3) is 0 Å². The summed E-state index contributed by atoms with van der Waals surface area (Å²) in [6.07, 6.45) is 0. The van der Waals surface area contributed by atoms with Crippen molar-refractivity contribution in [2.24, 2.45) is 15.9 Å². The van der Waals surface area contributed by atoms with E-state index < -0.39 is 26.0 Å². The van der Waals surface area contributed by atoms with Gasteiger partial charge < -0.3 is 9.47 Å². The molecule has 0 saturated heterocycles. The van der Waals surface area contributed by atoms with Crippen LogP contribution >= 0.6 is 11.8 Å². The van der Waals surface area contributed by atoms with Gasteiger partial charge in [0.2, 0.25) is 11.8 Å². The Bertz CT molecular complexity index is 839. The predicted molar refractivity (Wildman–Crippen MR) is 124 cm³/mol. The van der Waals surface area contributed by atoms with E-state index >= 15 is 0 Å². The molecule has 6 nitrogen and oxygen atoms in total. The number of methoxy groups -OCH3 is 2. The summed E-state index contributed by atoms with van der Waals surface area (Å²) in [5.74, 6) is 0.779. The average molecular weight is 458 g/mol. The minimum atomic E-state index is -1.41. The first-order chi connectivity index (χ1) is 13.9. The van der Waals surface area contributed by atoms with Crippen LogP contribution in [0.15, 0.2) is 34.3 Å². The topological polar surface area (TPSA) is 72.3 Å². The molecule has 1 aliphatic rings. The van der Waals surface area contributed by atoms with Gasteiger partial charge in [-0.1, -0.05) is 37.7 Å². The van der Waals surface area contributed by atoms with Crippen LogP contribution in [0.1, 0.15) is 47.1 Å². The molecule has 0 aliphatic carbocycles. The fraction of sp³-hybridized carbons (Fsp3) is 0.619. The van der Waals surface area contributed by atoms with Gasteiger partial charge in [0, 0.05) is 0 Å². The number of ether oxygens (including phenoxy) is 2. The number of nitrogens with zero attached hydrogens (tertiary/aromatic N) is 2. The van der Waals surface area contributed by atoms with E-state index in [4.69, 9.17) is 19.5 Å². The van der Waals surface area contributed by atoms with E-state index in [1.165, 1.54) is 23.9 Å². The summed E-state index contributed by atoms with van der Waals surface area (Å²) in [5, 5.41) is -0.544. The molecule has 2 rings (SSSR count). The molecule has 0 saturated carbocycles. The Labute approximate surface area is 185 Å². The van der Waals surface area contributed by atoms with E-state index in [2.05, 4.69) is 4.72 Å². The molecule has 4 atom stereocenters. The molecule has 0 radical (unpaired) electrons. The minimum absolute atomic E-state index is 0.181. The molecule has 30 heavy (non-hydrogen) atoms. The largest absolute Gasteiger partial charge is 0.483 e. The molecule has 0 amide bonds. The summed E-state index contributed by atoms with van der Waals surface area (Å²) in [6.45, 7) is 11.6. The van der Waals surface area contributed by atoms with Gasteiger partial charge in [-0.25, -0.2) is 23.3 Å². The Morgan fingerprint density at radius 3 is 2.27 bits per heavy atom. The van der Waals surface area contributed by atoms with E-state index in [1.807, 2.05) is 41.5 Å². The molecular weight excluding hydrogens is 425 g/mol. The molecule has 9 heteroatoms. The highest BCUT2D eigenvalue weighted by atomic mass is 32.2. The zero-order valence-electron chi connectivity index (χ0n) is 18.9. The molecule has 1 unspecified atom stereocenters. The molecule has 0 aromatic heterocycles. The number of thioether (sulfide) groups is 1. The molecule has 0 bridgehead atoms. The molecule has 0 spiro atoms. The fourth-order valence-corrected chi connectivity index (χ4v) is 5.15. The van der Waals surface area contributed by atoms with Gasteiger partial charge in [0.25, 0.3) is 0 Å². The van der Waals surface area contributed by atoms with Crippen molar-refractivity contribution in [1.29, 1.82) is 0 Å². The van der Waals surface area contributed by atoms with Crippen LogP contribution in [0.3, 0.4) is 0 Å². The van der Waals surface area contributed by atoms with E-state index in [1.54, 1.807) is 26.4 Å². The maximum Gasteiger partial charge on any atom is 0.220 e. The molecule has 1 aromatic rings. The highest BCUT2D eigenvalue weighted by Gasteiger charge is 2.40. The van der Waals surface area contributed by atoms with Crippen LogP contribution in [-0.2, 0) is 25.3 Å². The molecule has 168 valence electrons. The SMILES string of the molecule is COC1=N[C@H](C(C)C)C(OC)=N[C@@H]1S[C@@](C)(NS(=O)C(C)(C)C)c1cccc(F)c1. The van der Waals surface area contributed by atoms with Crippen molar-refractivity contribution >= 4 is 34.5 Å². The minimum Gasteiger partial charge on any atom is -0.483 e. The Kier molecular flexibility index (Phi) is 8.09. The Balaban J connectivity index is 2.48. The standard InChI is InChI=1S/C21H32FN3O3S2/c1-13(2)16-17(27-7)24-19(18(23-16)28-8)29-21(6,25-30(26)20(3,4)5)14-10-9-11-15(22)12-14/h9-13,16,19,25H,1-8H3/t16-,19-,21-,30?/m1/s1. The monoisotopic (exact) mass is 457 g/mol. The van der Waals surface area contributed by atoms with Gasteiger partial charge in [-0.05, 0) is 51.3 Å². The first-order valence-electron chi connectivity index (χ1n) is 9.78. The number of hydrogen-bond donors (Lipinski definition) is 1. The maximum atomic E-state index is 14.0. The number of aliphatic imine (C=N–C) groups is 2. The Morgan fingerprint density at radius 2 is 1.77 bits per heavy atom. The van der Waals surface area contributed by atoms with Gasteiger partial charge >= 0.3 is 0 Å². The van der Waals surface area contributed by atoms with Gasteiger partial charge in [0.05, 0.1) is 30.0 Å². The average Bonchev–Trinajstić information content (AvgIpc) is 2.66. The lowest BCUT2D eigenvalue weighted by Gasteiger charge is -2.36. The van der Waals surface area contributed by atoms with Crippen molar-refractivity contribution in [3.8, 4) is 0 Å². The first-order valence-corrected chi connectivity index (χ1v) is 11.8. The lowest BCUT2D eigenvalue weighted by Crippen LogP contribution is -2.46. The van der Waals surface area contributed by atoms with Crippen molar-refractivity contribution in [2.45, 2.75) is 62.6 Å². The van der Waals surface area contributed by atoms with Gasteiger partial charge in [0.15, 0.2) is 5.37 Å². The lowest BCUT2D eigenvalue weighted by molar-refractivity contribution is 0.342. The highest BCUT2D eigenvalue weighted by Crippen LogP contribution is 2.40. The van der Waals surface area contributed by atoms with Crippen molar-refractivity contribution in [1.82, 2.24) is 4.72 Å². The zero-order valence-corrected chi connectivity index (χ0v) is 20.5. The van der Waals surface area contributed by atoms with Crippen LogP contribution < -0.4 is 4.72 Å². The summed E-state index contributed by atoms with van der Waals surface area (Å²) < 4.78 is 40.7. The highest BCUT2D eigenvalue weighted by molar-refractivity contribution is 8.02. The summed E-state index contributed by atoms with van der Waals surface area (Å²) in [5.41, 5.74) is 0.640. The third-order valence-electron chi connectivity index (χ3n) is 4.59. The second-order valence-electron chi connectivity index (χ2n) is 8.53. The third kappa shape index (κ3) is 5.82. The summed E-state index contributed by atoms with van der Waals surface area (Å²) in [4.78, 5) is 8.49. The van der Waals surface area contributed by atoms with E-state index in [-0.39, 0.29) is 17.8 Å². The van der Waals surface area contributed by atoms with Gasteiger partial charge in [-0.2, -0.15) is 0 Å². The summed E-state index contributed by atoms with van der Waals surface area (Å²) >= 11 is 1.35. The smallest absolute Gasteiger partial charge is 0.220 e. The second kappa shape index (κ2) is 9.78. The zero-order chi connectivity index (χ0) is 22.7. The first kappa shape index (κ1) is 24.8. The number of benzene rings is 1. The van der Waals surface area contributed by atoms with Crippen LogP contribution in [0.4, 0.5) is 4.39 Å². The molecule has 0 fully saturated rings. The van der Waals surface area contributed by atoms with Crippen LogP contribution in [-0.4, -0.2) is 46.4 Å². The molecule has 1 N–H and O–H groups in total. The lowest BCUT2D eigenvalue weighted by atomic mass is 10.0. The quantitative estimate of drug-likeness (QED) is 0.649. The van der Waals surface area contributed by atoms with Crippen LogP contribution in [0.5, 0.6) is 0 Å². The number of nitrogens with one attached hydrogen (secondary N) is 1. The third-order valence-corrected chi connectivity index (χ3v) is 7.77. The number of hydrogen-bond acceptors (Lipinski definition) is 6. The van der Waals surface area contributed by atoms with Crippen molar-refractivity contribution in [3.05, 3.63) is 35.6 Å². The van der Waals surface area contributed by atoms with Crippen LogP contribution in [0, 0.1) is 11.7 Å². The molecule has 1 aliphatic heterocycles. The molecular formula is C21H32FN3O3S2. The van der Waals surface area contributed by atoms with Gasteiger partial charge in [-0.15, -0.1) is 0 Å². The number of rotatable bonds is 6. The van der Waals surface area contributed by atoms with E-state index in [9.17, 15) is 8.60 Å². The van der Waals surface area contributed by atoms with Crippen molar-refractivity contribution in [3.63, 3.8) is 0 Å². The molecule has 1 heterocycles. The second-order valence-corrected chi connectivity index (χ2v) is 12.0. The summed E-state index contributed by atoms with van der Waals surface area (Å²) in [6, 6.07) is 6.01. The summed E-state index contributed by atoms with van der Waals surface area (Å²) in [7, 11) is 1.71. The predicted octanol–water partition coefficient (Wildman–Crippen LogP) is 4.24. The van der Waals surface area contributed by atoms with Crippen molar-refractivity contribution < 1.29 is 18.1 Å². The van der Waals surface area contributed by atoms with E-state index in [0.717, 1.165) is 0 Å². The van der Waals surface area contributed by atoms with Crippen molar-refractivity contribution in [2.75, 3.05) is 14.2 Å².